The van der Waals surface area contributed by atoms with Crippen molar-refractivity contribution < 1.29 is 19.8 Å². The van der Waals surface area contributed by atoms with Crippen molar-refractivity contribution in [3.8, 4) is 11.3 Å². The molecule has 27 heavy (non-hydrogen) atoms. The molecule has 0 saturated carbocycles. The van der Waals surface area contributed by atoms with Gasteiger partial charge in [0.1, 0.15) is 0 Å². The third-order valence-corrected chi connectivity index (χ3v) is 4.34. The molecule has 0 bridgehead atoms. The monoisotopic (exact) mass is 370 g/mol. The highest BCUT2D eigenvalue weighted by Crippen LogP contribution is 2.38. The molecule has 0 unspecified atom stereocenters. The molecule has 1 aliphatic carbocycles. The van der Waals surface area contributed by atoms with E-state index in [-0.39, 0.29) is 6.04 Å². The van der Waals surface area contributed by atoms with Crippen LogP contribution >= 0.6 is 0 Å². The number of benzene rings is 1. The lowest BCUT2D eigenvalue weighted by molar-refractivity contribution is -0.134. The fourth-order valence-corrected chi connectivity index (χ4v) is 3.13. The van der Waals surface area contributed by atoms with Gasteiger partial charge in [-0.1, -0.05) is 26.0 Å². The highest BCUT2D eigenvalue weighted by molar-refractivity contribution is 5.89. The average Bonchev–Trinajstić information content (AvgIpc) is 3.12. The van der Waals surface area contributed by atoms with Gasteiger partial charge >= 0.3 is 11.9 Å². The molecule has 4 N–H and O–H groups in total. The predicted molar refractivity (Wildman–Crippen MR) is 105 cm³/mol. The maximum Gasteiger partial charge on any atom is 0.328 e. The van der Waals surface area contributed by atoms with Gasteiger partial charge in [-0.05, 0) is 41.7 Å². The molecular formula is C21H26N2O4. The molecule has 1 atom stereocenters. The van der Waals surface area contributed by atoms with Crippen LogP contribution in [0.1, 0.15) is 43.4 Å². The Labute approximate surface area is 158 Å². The van der Waals surface area contributed by atoms with Gasteiger partial charge in [0, 0.05) is 42.9 Å². The number of fused-ring (bicyclic) bond motifs is 3. The SMILES string of the molecule is CC(C)c1ccc2c(c1)-c1c(ccn1C[C@H](C)N)C2.O=C(O)C=CC(=O)O. The Hall–Kier alpha value is -2.86. The number of carboxylic acids is 2. The van der Waals surface area contributed by atoms with Gasteiger partial charge in [0.15, 0.2) is 0 Å². The Bertz CT molecular complexity index is 847. The normalized spacial score (nSPS) is 13.1. The molecule has 144 valence electrons. The number of rotatable bonds is 5. The minimum Gasteiger partial charge on any atom is -0.478 e. The zero-order valence-corrected chi connectivity index (χ0v) is 15.8. The largest absolute Gasteiger partial charge is 0.478 e. The number of hydrogen-bond donors (Lipinski definition) is 3. The van der Waals surface area contributed by atoms with Crippen LogP contribution < -0.4 is 5.73 Å². The standard InChI is InChI=1S/C17H22N2.C4H4O4/c1-11(2)13-4-5-14-8-15-6-7-19(10-12(3)18)17(15)16(14)9-13;5-3(6)1-2-4(7)8/h4-7,9,11-12H,8,10,18H2,1-3H3;1-2H,(H,5,6)(H,7,8)/t12-;/m0./s1. The van der Waals surface area contributed by atoms with E-state index < -0.39 is 11.9 Å². The molecule has 0 fully saturated rings. The van der Waals surface area contributed by atoms with Crippen LogP contribution in [0.3, 0.4) is 0 Å². The van der Waals surface area contributed by atoms with Crippen LogP contribution in [0.25, 0.3) is 11.3 Å². The number of carboxylic acid groups (broad SMARTS) is 2. The summed E-state index contributed by atoms with van der Waals surface area (Å²) < 4.78 is 2.32. The van der Waals surface area contributed by atoms with Crippen molar-refractivity contribution in [1.29, 1.82) is 0 Å². The van der Waals surface area contributed by atoms with Crippen molar-refractivity contribution in [2.75, 3.05) is 0 Å². The van der Waals surface area contributed by atoms with Crippen molar-refractivity contribution in [2.45, 2.75) is 45.7 Å². The summed E-state index contributed by atoms with van der Waals surface area (Å²) in [5.41, 5.74) is 13.1. The van der Waals surface area contributed by atoms with Gasteiger partial charge < -0.3 is 20.5 Å². The Balaban J connectivity index is 0.000000279. The van der Waals surface area contributed by atoms with Gasteiger partial charge in [-0.25, -0.2) is 9.59 Å². The quantitative estimate of drug-likeness (QED) is 0.598. The third kappa shape index (κ3) is 5.31. The Morgan fingerprint density at radius 3 is 2.26 bits per heavy atom. The molecule has 1 aromatic heterocycles. The van der Waals surface area contributed by atoms with E-state index in [2.05, 4.69) is 55.8 Å². The van der Waals surface area contributed by atoms with Crippen molar-refractivity contribution >= 4 is 11.9 Å². The van der Waals surface area contributed by atoms with Crippen LogP contribution in [0.5, 0.6) is 0 Å². The van der Waals surface area contributed by atoms with Gasteiger partial charge in [-0.3, -0.25) is 0 Å². The Morgan fingerprint density at radius 1 is 1.11 bits per heavy atom. The summed E-state index contributed by atoms with van der Waals surface area (Å²) in [5.74, 6) is -1.94. The summed E-state index contributed by atoms with van der Waals surface area (Å²) in [4.78, 5) is 19.1. The van der Waals surface area contributed by atoms with Crippen LogP contribution in [0, 0.1) is 0 Å². The molecule has 0 saturated heterocycles. The topological polar surface area (TPSA) is 106 Å². The van der Waals surface area contributed by atoms with Crippen molar-refractivity contribution in [3.05, 3.63) is 59.3 Å². The second-order valence-corrected chi connectivity index (χ2v) is 7.08. The van der Waals surface area contributed by atoms with Crippen molar-refractivity contribution in [1.82, 2.24) is 4.57 Å². The summed E-state index contributed by atoms with van der Waals surface area (Å²) in [7, 11) is 0. The average molecular weight is 370 g/mol. The second-order valence-electron chi connectivity index (χ2n) is 7.08. The summed E-state index contributed by atoms with van der Waals surface area (Å²) >= 11 is 0. The predicted octanol–water partition coefficient (Wildman–Crippen LogP) is 3.24. The maximum absolute atomic E-state index is 9.55. The van der Waals surface area contributed by atoms with Crippen LogP contribution in [-0.2, 0) is 22.6 Å². The molecular weight excluding hydrogens is 344 g/mol. The van der Waals surface area contributed by atoms with E-state index in [1.165, 1.54) is 27.9 Å². The van der Waals surface area contributed by atoms with E-state index in [1.807, 2.05) is 0 Å². The molecule has 2 aromatic rings. The molecule has 0 aliphatic heterocycles. The highest BCUT2D eigenvalue weighted by Gasteiger charge is 2.23. The number of aliphatic carboxylic acids is 2. The minimum atomic E-state index is -1.26. The third-order valence-electron chi connectivity index (χ3n) is 4.34. The summed E-state index contributed by atoms with van der Waals surface area (Å²) in [6.45, 7) is 7.45. The lowest BCUT2D eigenvalue weighted by Gasteiger charge is -2.13. The first-order valence-electron chi connectivity index (χ1n) is 8.89. The fourth-order valence-electron chi connectivity index (χ4n) is 3.13. The molecule has 3 rings (SSSR count). The number of aromatic nitrogens is 1. The molecule has 6 heteroatoms. The van der Waals surface area contributed by atoms with Crippen LogP contribution in [0.15, 0.2) is 42.6 Å². The molecule has 1 aromatic carbocycles. The second kappa shape index (κ2) is 8.68. The van der Waals surface area contributed by atoms with E-state index >= 15 is 0 Å². The first kappa shape index (κ1) is 20.5. The molecule has 0 spiro atoms. The van der Waals surface area contributed by atoms with Gasteiger partial charge in [-0.15, -0.1) is 0 Å². The van der Waals surface area contributed by atoms with Crippen LogP contribution in [0.2, 0.25) is 0 Å². The molecule has 1 aliphatic rings. The van der Waals surface area contributed by atoms with E-state index in [4.69, 9.17) is 15.9 Å². The van der Waals surface area contributed by atoms with Gasteiger partial charge in [0.25, 0.3) is 0 Å². The highest BCUT2D eigenvalue weighted by atomic mass is 16.4. The number of nitrogens with two attached hydrogens (primary N) is 1. The van der Waals surface area contributed by atoms with E-state index in [0.29, 0.717) is 18.1 Å². The first-order valence-corrected chi connectivity index (χ1v) is 8.89. The zero-order chi connectivity index (χ0) is 20.1. The van der Waals surface area contributed by atoms with Crippen molar-refractivity contribution in [3.63, 3.8) is 0 Å². The number of carbonyl (C=O) groups is 2. The smallest absolute Gasteiger partial charge is 0.328 e. The number of hydrogen-bond acceptors (Lipinski definition) is 3. The Morgan fingerprint density at radius 2 is 1.74 bits per heavy atom. The minimum absolute atomic E-state index is 0.189. The fraction of sp³-hybridized carbons (Fsp3) is 0.333. The van der Waals surface area contributed by atoms with Gasteiger partial charge in [0.05, 0.1) is 5.69 Å². The van der Waals surface area contributed by atoms with Gasteiger partial charge in [0.2, 0.25) is 0 Å². The van der Waals surface area contributed by atoms with E-state index in [1.54, 1.807) is 0 Å². The zero-order valence-electron chi connectivity index (χ0n) is 15.8. The summed E-state index contributed by atoms with van der Waals surface area (Å²) in [6.07, 6.45) is 4.36. The number of nitrogens with zero attached hydrogens (tertiary/aromatic N) is 1. The van der Waals surface area contributed by atoms with Crippen molar-refractivity contribution in [2.24, 2.45) is 5.73 Å². The van der Waals surface area contributed by atoms with Crippen LogP contribution in [0.4, 0.5) is 0 Å². The summed E-state index contributed by atoms with van der Waals surface area (Å²) in [6, 6.07) is 9.36. The molecule has 0 amide bonds. The van der Waals surface area contributed by atoms with E-state index in [9.17, 15) is 9.59 Å². The first-order chi connectivity index (χ1) is 12.7. The molecule has 1 heterocycles. The lowest BCUT2D eigenvalue weighted by Crippen LogP contribution is -2.22. The molecule has 0 radical (unpaired) electrons. The molecule has 6 nitrogen and oxygen atoms in total. The Kier molecular flexibility index (Phi) is 6.58. The lowest BCUT2D eigenvalue weighted by atomic mass is 9.98. The van der Waals surface area contributed by atoms with Crippen LogP contribution in [-0.4, -0.2) is 32.8 Å². The maximum atomic E-state index is 9.55. The summed E-state index contributed by atoms with van der Waals surface area (Å²) in [5, 5.41) is 15.6. The van der Waals surface area contributed by atoms with E-state index in [0.717, 1.165) is 13.0 Å². The van der Waals surface area contributed by atoms with Gasteiger partial charge in [-0.2, -0.15) is 0 Å².